The first-order chi connectivity index (χ1) is 5.41. The molecular formula is C10H18O. The Labute approximate surface area is 69.8 Å². The summed E-state index contributed by atoms with van der Waals surface area (Å²) >= 11 is 0. The Hall–Kier alpha value is -0.560. The summed E-state index contributed by atoms with van der Waals surface area (Å²) in [6, 6.07) is 0. The van der Waals surface area contributed by atoms with Crippen molar-refractivity contribution in [3.63, 3.8) is 0 Å². The monoisotopic (exact) mass is 154 g/mol. The van der Waals surface area contributed by atoms with Gasteiger partial charge in [-0.05, 0) is 26.7 Å². The van der Waals surface area contributed by atoms with Crippen LogP contribution in [-0.4, -0.2) is 13.2 Å². The van der Waals surface area contributed by atoms with Crippen LogP contribution in [0.2, 0.25) is 0 Å². The van der Waals surface area contributed by atoms with Gasteiger partial charge in [0.2, 0.25) is 0 Å². The van der Waals surface area contributed by atoms with E-state index in [-0.39, 0.29) is 0 Å². The van der Waals surface area contributed by atoms with Gasteiger partial charge in [-0.1, -0.05) is 24.3 Å². The predicted octanol–water partition coefficient (Wildman–Crippen LogP) is 2.94. The molecule has 1 heteroatoms. The summed E-state index contributed by atoms with van der Waals surface area (Å²) in [5.74, 6) is 0. The van der Waals surface area contributed by atoms with E-state index in [0.717, 1.165) is 26.1 Å². The van der Waals surface area contributed by atoms with Gasteiger partial charge >= 0.3 is 0 Å². The van der Waals surface area contributed by atoms with E-state index in [1.165, 1.54) is 0 Å². The quantitative estimate of drug-likeness (QED) is 0.422. The maximum atomic E-state index is 5.14. The van der Waals surface area contributed by atoms with E-state index >= 15 is 0 Å². The van der Waals surface area contributed by atoms with Crippen molar-refractivity contribution in [1.82, 2.24) is 0 Å². The molecule has 64 valence electrons. The Morgan fingerprint density at radius 1 is 1.09 bits per heavy atom. The second-order valence-corrected chi connectivity index (χ2v) is 2.28. The highest BCUT2D eigenvalue weighted by Crippen LogP contribution is 1.92. The lowest BCUT2D eigenvalue weighted by molar-refractivity contribution is 0.177. The first kappa shape index (κ1) is 10.4. The van der Waals surface area contributed by atoms with E-state index in [2.05, 4.69) is 24.3 Å². The molecule has 0 radical (unpaired) electrons. The molecule has 11 heavy (non-hydrogen) atoms. The van der Waals surface area contributed by atoms with Crippen molar-refractivity contribution in [3.8, 4) is 0 Å². The minimum absolute atomic E-state index is 0.756. The van der Waals surface area contributed by atoms with Crippen molar-refractivity contribution in [2.45, 2.75) is 26.7 Å². The van der Waals surface area contributed by atoms with Crippen LogP contribution < -0.4 is 0 Å². The molecule has 0 aromatic heterocycles. The van der Waals surface area contributed by atoms with Crippen LogP contribution in [0.25, 0.3) is 0 Å². The molecule has 0 rings (SSSR count). The number of hydrogen-bond donors (Lipinski definition) is 0. The van der Waals surface area contributed by atoms with E-state index in [1.807, 2.05) is 13.8 Å². The maximum absolute atomic E-state index is 5.14. The second kappa shape index (κ2) is 9.44. The number of hydrogen-bond acceptors (Lipinski definition) is 1. The number of unbranched alkanes of at least 4 members (excludes halogenated alkanes) is 1. The van der Waals surface area contributed by atoms with Crippen LogP contribution in [0.5, 0.6) is 0 Å². The highest BCUT2D eigenvalue weighted by molar-refractivity contribution is 4.86. The summed E-state index contributed by atoms with van der Waals surface area (Å²) in [6.45, 7) is 5.61. The Morgan fingerprint density at radius 2 is 1.82 bits per heavy atom. The largest absolute Gasteiger partial charge is 0.378 e. The van der Waals surface area contributed by atoms with Crippen molar-refractivity contribution in [2.75, 3.05) is 13.2 Å². The molecule has 0 unspecified atom stereocenters. The Morgan fingerprint density at radius 3 is 2.45 bits per heavy atom. The third-order valence-corrected chi connectivity index (χ3v) is 1.32. The molecule has 0 heterocycles. The summed E-state index contributed by atoms with van der Waals surface area (Å²) in [6.07, 6.45) is 10.8. The molecule has 1 nitrogen and oxygen atoms in total. The van der Waals surface area contributed by atoms with Gasteiger partial charge in [-0.3, -0.25) is 0 Å². The molecule has 0 amide bonds. The molecule has 0 saturated heterocycles. The summed E-state index contributed by atoms with van der Waals surface area (Å²) in [4.78, 5) is 0. The number of rotatable bonds is 6. The lowest BCUT2D eigenvalue weighted by atomic mass is 10.3. The topological polar surface area (TPSA) is 9.23 Å². The molecule has 0 saturated carbocycles. The number of allylic oxidation sites excluding steroid dienone is 3. The zero-order valence-corrected chi connectivity index (χ0v) is 7.55. The average molecular weight is 154 g/mol. The summed E-state index contributed by atoms with van der Waals surface area (Å²) in [5, 5.41) is 0. The van der Waals surface area contributed by atoms with Gasteiger partial charge < -0.3 is 4.74 Å². The van der Waals surface area contributed by atoms with Crippen molar-refractivity contribution in [1.29, 1.82) is 0 Å². The van der Waals surface area contributed by atoms with Gasteiger partial charge in [0.1, 0.15) is 0 Å². The highest BCUT2D eigenvalue weighted by Gasteiger charge is 1.76. The van der Waals surface area contributed by atoms with Gasteiger partial charge in [0.15, 0.2) is 0 Å². The van der Waals surface area contributed by atoms with Crippen LogP contribution in [0.4, 0.5) is 0 Å². The third kappa shape index (κ3) is 9.44. The van der Waals surface area contributed by atoms with E-state index in [9.17, 15) is 0 Å². The normalized spacial score (nSPS) is 11.8. The van der Waals surface area contributed by atoms with Crippen molar-refractivity contribution in [2.24, 2.45) is 0 Å². The summed E-state index contributed by atoms with van der Waals surface area (Å²) < 4.78 is 5.14. The standard InChI is InChI=1S/C10H18O/c1-3-5-6-7-8-9-10-11-4-2/h3,5,8-9H,4,6-7,10H2,1-2H3. The number of ether oxygens (including phenoxy) is 1. The van der Waals surface area contributed by atoms with Gasteiger partial charge in [-0.2, -0.15) is 0 Å². The van der Waals surface area contributed by atoms with E-state index in [0.29, 0.717) is 0 Å². The molecule has 0 N–H and O–H groups in total. The van der Waals surface area contributed by atoms with Crippen molar-refractivity contribution < 1.29 is 4.74 Å². The van der Waals surface area contributed by atoms with E-state index in [4.69, 9.17) is 4.74 Å². The fourth-order valence-electron chi connectivity index (χ4n) is 0.731. The smallest absolute Gasteiger partial charge is 0.0647 e. The molecule has 0 atom stereocenters. The Balaban J connectivity index is 3.03. The Bertz CT molecular complexity index is 114. The maximum Gasteiger partial charge on any atom is 0.0647 e. The van der Waals surface area contributed by atoms with Crippen molar-refractivity contribution >= 4 is 0 Å². The van der Waals surface area contributed by atoms with E-state index < -0.39 is 0 Å². The van der Waals surface area contributed by atoms with Crippen LogP contribution in [0.3, 0.4) is 0 Å². The minimum atomic E-state index is 0.756. The van der Waals surface area contributed by atoms with E-state index in [1.54, 1.807) is 0 Å². The molecule has 0 spiro atoms. The molecule has 0 aliphatic heterocycles. The SMILES string of the molecule is CC=CCCC=CCOCC. The van der Waals surface area contributed by atoms with Gasteiger partial charge in [0.25, 0.3) is 0 Å². The van der Waals surface area contributed by atoms with Gasteiger partial charge in [-0.25, -0.2) is 0 Å². The van der Waals surface area contributed by atoms with Gasteiger partial charge in [0, 0.05) is 6.61 Å². The summed E-state index contributed by atoms with van der Waals surface area (Å²) in [7, 11) is 0. The minimum Gasteiger partial charge on any atom is -0.378 e. The molecule has 0 aromatic rings. The molecule has 0 aliphatic rings. The predicted molar refractivity (Wildman–Crippen MR) is 49.7 cm³/mol. The highest BCUT2D eigenvalue weighted by atomic mass is 16.5. The van der Waals surface area contributed by atoms with Crippen LogP contribution in [0.15, 0.2) is 24.3 Å². The van der Waals surface area contributed by atoms with Crippen LogP contribution in [0.1, 0.15) is 26.7 Å². The fraction of sp³-hybridized carbons (Fsp3) is 0.600. The lowest BCUT2D eigenvalue weighted by Crippen LogP contribution is -1.87. The molecule has 0 bridgehead atoms. The average Bonchev–Trinajstić information content (AvgIpc) is 2.03. The molecule has 0 aliphatic carbocycles. The van der Waals surface area contributed by atoms with Crippen LogP contribution in [0, 0.1) is 0 Å². The Kier molecular flexibility index (Phi) is 8.96. The van der Waals surface area contributed by atoms with Crippen LogP contribution >= 0.6 is 0 Å². The third-order valence-electron chi connectivity index (χ3n) is 1.32. The zero-order valence-electron chi connectivity index (χ0n) is 7.55. The molecule has 0 fully saturated rings. The van der Waals surface area contributed by atoms with Crippen LogP contribution in [-0.2, 0) is 4.74 Å². The molecular weight excluding hydrogens is 136 g/mol. The first-order valence-corrected chi connectivity index (χ1v) is 4.25. The van der Waals surface area contributed by atoms with Crippen molar-refractivity contribution in [3.05, 3.63) is 24.3 Å². The van der Waals surface area contributed by atoms with Gasteiger partial charge in [-0.15, -0.1) is 0 Å². The molecule has 0 aromatic carbocycles. The van der Waals surface area contributed by atoms with Gasteiger partial charge in [0.05, 0.1) is 6.61 Å². The first-order valence-electron chi connectivity index (χ1n) is 4.25. The lowest BCUT2D eigenvalue weighted by Gasteiger charge is -1.91. The second-order valence-electron chi connectivity index (χ2n) is 2.28. The summed E-state index contributed by atoms with van der Waals surface area (Å²) in [5.41, 5.74) is 0. The zero-order chi connectivity index (χ0) is 8.36. The fourth-order valence-corrected chi connectivity index (χ4v) is 0.731.